The summed E-state index contributed by atoms with van der Waals surface area (Å²) >= 11 is 5.90. The fourth-order valence-corrected chi connectivity index (χ4v) is 2.78. The Kier molecular flexibility index (Phi) is 2.45. The fourth-order valence-electron chi connectivity index (χ4n) is 1.51. The van der Waals surface area contributed by atoms with Gasteiger partial charge >= 0.3 is 0 Å². The molecule has 2 rings (SSSR count). The van der Waals surface area contributed by atoms with E-state index in [1.807, 2.05) is 0 Å². The van der Waals surface area contributed by atoms with Gasteiger partial charge in [0, 0.05) is 23.1 Å². The van der Waals surface area contributed by atoms with E-state index >= 15 is 0 Å². The molecular formula is C9H7Cl2NO2S. The average molecular weight is 264 g/mol. The molecule has 2 aromatic rings. The number of hydrogen-bond donors (Lipinski definition) is 0. The number of nitrogens with zero attached hydrogens (tertiary/aromatic N) is 1. The lowest BCUT2D eigenvalue weighted by atomic mass is 10.2. The molecule has 1 heterocycles. The standard InChI is InChI=1S/C9H7Cl2NO2S/c1-12-7-3-2-4-8(15(11,13)14)6(7)5-9(12)10/h2-5H,1H3. The summed E-state index contributed by atoms with van der Waals surface area (Å²) < 4.78 is 24.3. The molecule has 1 aromatic carbocycles. The number of hydrogen-bond acceptors (Lipinski definition) is 2. The van der Waals surface area contributed by atoms with Gasteiger partial charge in [-0.1, -0.05) is 17.7 Å². The van der Waals surface area contributed by atoms with Crippen LogP contribution in [0.2, 0.25) is 5.15 Å². The van der Waals surface area contributed by atoms with Crippen LogP contribution in [-0.4, -0.2) is 13.0 Å². The fraction of sp³-hybridized carbons (Fsp3) is 0.111. The molecule has 0 radical (unpaired) electrons. The van der Waals surface area contributed by atoms with Gasteiger partial charge in [-0.25, -0.2) is 8.42 Å². The first-order valence-electron chi connectivity index (χ1n) is 4.10. The second-order valence-corrected chi connectivity index (χ2v) is 6.07. The average Bonchev–Trinajstić information content (AvgIpc) is 2.41. The highest BCUT2D eigenvalue weighted by Crippen LogP contribution is 2.29. The monoisotopic (exact) mass is 263 g/mol. The van der Waals surface area contributed by atoms with Crippen LogP contribution in [0.3, 0.4) is 0 Å². The predicted octanol–water partition coefficient (Wildman–Crippen LogP) is 2.76. The Morgan fingerprint density at radius 1 is 1.33 bits per heavy atom. The van der Waals surface area contributed by atoms with Gasteiger partial charge in [0.15, 0.2) is 0 Å². The van der Waals surface area contributed by atoms with Gasteiger partial charge in [-0.2, -0.15) is 0 Å². The number of aromatic nitrogens is 1. The summed E-state index contributed by atoms with van der Waals surface area (Å²) in [5.74, 6) is 0. The van der Waals surface area contributed by atoms with Crippen molar-refractivity contribution in [2.24, 2.45) is 7.05 Å². The summed E-state index contributed by atoms with van der Waals surface area (Å²) in [6.07, 6.45) is 0. The van der Waals surface area contributed by atoms with Crippen molar-refractivity contribution < 1.29 is 8.42 Å². The molecular weight excluding hydrogens is 257 g/mol. The van der Waals surface area contributed by atoms with Gasteiger partial charge in [-0.3, -0.25) is 0 Å². The van der Waals surface area contributed by atoms with E-state index in [2.05, 4.69) is 0 Å². The maximum absolute atomic E-state index is 11.3. The van der Waals surface area contributed by atoms with Crippen molar-refractivity contribution in [2.75, 3.05) is 0 Å². The molecule has 80 valence electrons. The zero-order valence-electron chi connectivity index (χ0n) is 7.74. The van der Waals surface area contributed by atoms with Crippen LogP contribution in [-0.2, 0) is 16.1 Å². The molecule has 0 amide bonds. The van der Waals surface area contributed by atoms with Crippen molar-refractivity contribution >= 4 is 42.2 Å². The van der Waals surface area contributed by atoms with Crippen LogP contribution >= 0.6 is 22.3 Å². The third-order valence-corrected chi connectivity index (χ3v) is 3.99. The largest absolute Gasteiger partial charge is 0.335 e. The minimum absolute atomic E-state index is 0.0872. The zero-order valence-corrected chi connectivity index (χ0v) is 10.1. The van der Waals surface area contributed by atoms with Crippen LogP contribution in [0.5, 0.6) is 0 Å². The normalized spacial score (nSPS) is 12.2. The SMILES string of the molecule is Cn1c(Cl)cc2c(S(=O)(=O)Cl)cccc21. The first kappa shape index (κ1) is 10.8. The summed E-state index contributed by atoms with van der Waals surface area (Å²) in [6.45, 7) is 0. The van der Waals surface area contributed by atoms with Crippen LogP contribution in [0, 0.1) is 0 Å². The third-order valence-electron chi connectivity index (χ3n) is 2.25. The molecule has 0 bridgehead atoms. The highest BCUT2D eigenvalue weighted by Gasteiger charge is 2.16. The van der Waals surface area contributed by atoms with Gasteiger partial charge < -0.3 is 4.57 Å². The van der Waals surface area contributed by atoms with E-state index in [0.717, 1.165) is 5.52 Å². The predicted molar refractivity (Wildman–Crippen MR) is 61.0 cm³/mol. The highest BCUT2D eigenvalue weighted by atomic mass is 35.7. The molecule has 0 aliphatic heterocycles. The Hall–Kier alpha value is -0.710. The maximum Gasteiger partial charge on any atom is 0.261 e. The Balaban J connectivity index is 2.96. The minimum Gasteiger partial charge on any atom is -0.335 e. The van der Waals surface area contributed by atoms with Crippen LogP contribution in [0.25, 0.3) is 10.9 Å². The van der Waals surface area contributed by atoms with E-state index in [1.165, 1.54) is 6.07 Å². The Morgan fingerprint density at radius 2 is 2.00 bits per heavy atom. The van der Waals surface area contributed by atoms with Gasteiger partial charge in [0.1, 0.15) is 5.15 Å². The van der Waals surface area contributed by atoms with Crippen molar-refractivity contribution in [2.45, 2.75) is 4.90 Å². The van der Waals surface area contributed by atoms with Crippen molar-refractivity contribution in [1.82, 2.24) is 4.57 Å². The zero-order chi connectivity index (χ0) is 11.2. The lowest BCUT2D eigenvalue weighted by molar-refractivity contribution is 0.610. The van der Waals surface area contributed by atoms with E-state index < -0.39 is 9.05 Å². The van der Waals surface area contributed by atoms with Gasteiger partial charge in [0.2, 0.25) is 0 Å². The number of rotatable bonds is 1. The molecule has 3 nitrogen and oxygen atoms in total. The topological polar surface area (TPSA) is 39.1 Å². The van der Waals surface area contributed by atoms with E-state index in [9.17, 15) is 8.42 Å². The molecule has 0 spiro atoms. The molecule has 0 aliphatic rings. The molecule has 0 unspecified atom stereocenters. The van der Waals surface area contributed by atoms with E-state index in [1.54, 1.807) is 29.8 Å². The van der Waals surface area contributed by atoms with Gasteiger partial charge in [0.25, 0.3) is 9.05 Å². The molecule has 1 aromatic heterocycles. The molecule has 0 saturated carbocycles. The van der Waals surface area contributed by atoms with Crippen LogP contribution in [0.1, 0.15) is 0 Å². The molecule has 0 saturated heterocycles. The Bertz CT molecular complexity index is 631. The second kappa shape index (κ2) is 3.40. The summed E-state index contributed by atoms with van der Waals surface area (Å²) in [5.41, 5.74) is 0.738. The summed E-state index contributed by atoms with van der Waals surface area (Å²) in [6, 6.07) is 6.47. The summed E-state index contributed by atoms with van der Waals surface area (Å²) in [4.78, 5) is 0.0872. The molecule has 0 atom stereocenters. The maximum atomic E-state index is 11.3. The quantitative estimate of drug-likeness (QED) is 0.743. The number of fused-ring (bicyclic) bond motifs is 1. The first-order valence-corrected chi connectivity index (χ1v) is 6.78. The van der Waals surface area contributed by atoms with E-state index in [-0.39, 0.29) is 4.90 Å². The second-order valence-electron chi connectivity index (χ2n) is 3.15. The number of benzene rings is 1. The molecule has 15 heavy (non-hydrogen) atoms. The lowest BCUT2D eigenvalue weighted by Crippen LogP contribution is -1.92. The lowest BCUT2D eigenvalue weighted by Gasteiger charge is -2.00. The highest BCUT2D eigenvalue weighted by molar-refractivity contribution is 8.14. The smallest absolute Gasteiger partial charge is 0.261 e. The van der Waals surface area contributed by atoms with Crippen molar-refractivity contribution in [3.63, 3.8) is 0 Å². The molecule has 0 N–H and O–H groups in total. The first-order chi connectivity index (χ1) is 6.91. The summed E-state index contributed by atoms with van der Waals surface area (Å²) in [5, 5.41) is 1.01. The van der Waals surface area contributed by atoms with Crippen molar-refractivity contribution in [3.05, 3.63) is 29.4 Å². The van der Waals surface area contributed by atoms with Crippen LogP contribution in [0.4, 0.5) is 0 Å². The number of halogens is 2. The molecule has 0 fully saturated rings. The van der Waals surface area contributed by atoms with Crippen molar-refractivity contribution in [1.29, 1.82) is 0 Å². The third kappa shape index (κ3) is 1.73. The van der Waals surface area contributed by atoms with Crippen LogP contribution in [0.15, 0.2) is 29.2 Å². The summed E-state index contributed by atoms with van der Waals surface area (Å²) in [7, 11) is 3.35. The van der Waals surface area contributed by atoms with Gasteiger partial charge in [-0.15, -0.1) is 0 Å². The van der Waals surface area contributed by atoms with E-state index in [4.69, 9.17) is 22.3 Å². The van der Waals surface area contributed by atoms with Gasteiger partial charge in [0.05, 0.1) is 10.4 Å². The van der Waals surface area contributed by atoms with Crippen molar-refractivity contribution in [3.8, 4) is 0 Å². The minimum atomic E-state index is -3.73. The number of aryl methyl sites for hydroxylation is 1. The molecule has 0 aliphatic carbocycles. The Morgan fingerprint density at radius 3 is 2.60 bits per heavy atom. The Labute approximate surface area is 96.6 Å². The van der Waals surface area contributed by atoms with Gasteiger partial charge in [-0.05, 0) is 18.2 Å². The molecule has 6 heteroatoms. The van der Waals surface area contributed by atoms with E-state index in [0.29, 0.717) is 10.5 Å². The van der Waals surface area contributed by atoms with Crippen LogP contribution < -0.4 is 0 Å².